The Labute approximate surface area is 108 Å². The molecule has 1 aromatic carbocycles. The number of amides is 1. The molecule has 80 valence electrons. The Bertz CT molecular complexity index is 365. The molecule has 1 atom stereocenters. The normalized spacial score (nSPS) is 21.9. The van der Waals surface area contributed by atoms with E-state index in [1.54, 1.807) is 4.90 Å². The van der Waals surface area contributed by atoms with E-state index in [2.05, 4.69) is 22.6 Å². The first-order chi connectivity index (χ1) is 7.18. The van der Waals surface area contributed by atoms with Crippen molar-refractivity contribution in [2.24, 2.45) is 0 Å². The van der Waals surface area contributed by atoms with E-state index in [-0.39, 0.29) is 11.3 Å². The van der Waals surface area contributed by atoms with Gasteiger partial charge in [0.2, 0.25) is 5.91 Å². The molecule has 2 rings (SSSR count). The van der Waals surface area contributed by atoms with Crippen molar-refractivity contribution in [3.63, 3.8) is 0 Å². The maximum atomic E-state index is 11.8. The lowest BCUT2D eigenvalue weighted by Crippen LogP contribution is -2.41. The van der Waals surface area contributed by atoms with E-state index in [1.807, 2.05) is 24.3 Å². The summed E-state index contributed by atoms with van der Waals surface area (Å²) in [5, 5.41) is -0.349. The van der Waals surface area contributed by atoms with Crippen LogP contribution in [-0.4, -0.2) is 17.8 Å². The summed E-state index contributed by atoms with van der Waals surface area (Å²) in [4.78, 5) is 13.6. The first kappa shape index (κ1) is 11.2. The van der Waals surface area contributed by atoms with E-state index in [0.29, 0.717) is 0 Å². The lowest BCUT2D eigenvalue weighted by molar-refractivity contribution is -0.119. The van der Waals surface area contributed by atoms with Gasteiger partial charge in [0.15, 0.2) is 0 Å². The fourth-order valence-electron chi connectivity index (χ4n) is 1.71. The van der Waals surface area contributed by atoms with Crippen LogP contribution < -0.4 is 4.90 Å². The van der Waals surface area contributed by atoms with Crippen molar-refractivity contribution >= 4 is 45.8 Å². The summed E-state index contributed by atoms with van der Waals surface area (Å²) in [7, 11) is 0. The van der Waals surface area contributed by atoms with E-state index in [9.17, 15) is 4.79 Å². The minimum Gasteiger partial charge on any atom is -0.311 e. The second-order valence-corrected chi connectivity index (χ2v) is 5.35. The second kappa shape index (κ2) is 4.70. The smallest absolute Gasteiger partial charge is 0.245 e. The van der Waals surface area contributed by atoms with Gasteiger partial charge >= 0.3 is 0 Å². The average Bonchev–Trinajstić information content (AvgIpc) is 2.24. The molecule has 1 amide bonds. The highest BCUT2D eigenvalue weighted by Gasteiger charge is 2.27. The molecule has 0 radical (unpaired) electrons. The van der Waals surface area contributed by atoms with Gasteiger partial charge in [0.1, 0.15) is 5.38 Å². The molecule has 1 fully saturated rings. The van der Waals surface area contributed by atoms with Gasteiger partial charge in [-0.25, -0.2) is 0 Å². The van der Waals surface area contributed by atoms with Gasteiger partial charge in [-0.3, -0.25) is 4.79 Å². The van der Waals surface area contributed by atoms with Crippen molar-refractivity contribution in [1.82, 2.24) is 0 Å². The lowest BCUT2D eigenvalue weighted by Gasteiger charge is -2.29. The number of anilines is 1. The summed E-state index contributed by atoms with van der Waals surface area (Å²) in [6.45, 7) is 0.780. The standard InChI is InChI=1S/C11H11ClINO/c12-10-2-1-7-14(11(10)15)9-5-3-8(13)4-6-9/h3-6,10H,1-2,7H2. The minimum absolute atomic E-state index is 0.0316. The second-order valence-electron chi connectivity index (χ2n) is 3.58. The topological polar surface area (TPSA) is 20.3 Å². The van der Waals surface area contributed by atoms with Gasteiger partial charge in [0.25, 0.3) is 0 Å². The van der Waals surface area contributed by atoms with Gasteiger partial charge in [0, 0.05) is 15.8 Å². The Balaban J connectivity index is 2.22. The van der Waals surface area contributed by atoms with Crippen LogP contribution in [0.3, 0.4) is 0 Å². The summed E-state index contributed by atoms with van der Waals surface area (Å²) in [6, 6.07) is 7.94. The first-order valence-corrected chi connectivity index (χ1v) is 6.41. The number of piperidine rings is 1. The molecular formula is C11H11ClINO. The first-order valence-electron chi connectivity index (χ1n) is 4.89. The molecule has 1 saturated heterocycles. The van der Waals surface area contributed by atoms with Crippen LogP contribution in [0.25, 0.3) is 0 Å². The zero-order valence-corrected chi connectivity index (χ0v) is 11.0. The molecule has 4 heteroatoms. The van der Waals surface area contributed by atoms with E-state index >= 15 is 0 Å². The van der Waals surface area contributed by atoms with Crippen molar-refractivity contribution in [2.45, 2.75) is 18.2 Å². The predicted molar refractivity (Wildman–Crippen MR) is 70.4 cm³/mol. The molecule has 0 aliphatic carbocycles. The molecule has 1 heterocycles. The third kappa shape index (κ3) is 2.45. The zero-order valence-electron chi connectivity index (χ0n) is 8.12. The molecule has 1 aromatic rings. The molecule has 0 spiro atoms. The van der Waals surface area contributed by atoms with Crippen LogP contribution in [0.15, 0.2) is 24.3 Å². The number of halogens is 2. The van der Waals surface area contributed by atoms with Crippen molar-refractivity contribution in [2.75, 3.05) is 11.4 Å². The minimum atomic E-state index is -0.349. The molecule has 0 saturated carbocycles. The van der Waals surface area contributed by atoms with Crippen LogP contribution in [-0.2, 0) is 4.79 Å². The van der Waals surface area contributed by atoms with Gasteiger partial charge in [-0.1, -0.05) is 0 Å². The monoisotopic (exact) mass is 335 g/mol. The number of carbonyl (C=O) groups excluding carboxylic acids is 1. The third-order valence-corrected chi connectivity index (χ3v) is 3.64. The van der Waals surface area contributed by atoms with Crippen molar-refractivity contribution in [3.05, 3.63) is 27.8 Å². The zero-order chi connectivity index (χ0) is 10.8. The summed E-state index contributed by atoms with van der Waals surface area (Å²) in [5.74, 6) is 0.0316. The predicted octanol–water partition coefficient (Wildman–Crippen LogP) is 3.03. The number of alkyl halides is 1. The number of hydrogen-bond donors (Lipinski definition) is 0. The Hall–Kier alpha value is -0.290. The molecular weight excluding hydrogens is 324 g/mol. The summed E-state index contributed by atoms with van der Waals surface area (Å²) >= 11 is 8.20. The molecule has 0 bridgehead atoms. The number of rotatable bonds is 1. The van der Waals surface area contributed by atoms with E-state index in [1.165, 1.54) is 3.57 Å². The molecule has 1 unspecified atom stereocenters. The SMILES string of the molecule is O=C1C(Cl)CCCN1c1ccc(I)cc1. The van der Waals surface area contributed by atoms with E-state index < -0.39 is 0 Å². The van der Waals surface area contributed by atoms with Crippen LogP contribution in [0.2, 0.25) is 0 Å². The van der Waals surface area contributed by atoms with Crippen LogP contribution in [0.5, 0.6) is 0 Å². The number of nitrogens with zero attached hydrogens (tertiary/aromatic N) is 1. The van der Waals surface area contributed by atoms with E-state index in [4.69, 9.17) is 11.6 Å². The third-order valence-electron chi connectivity index (χ3n) is 2.51. The molecule has 2 nitrogen and oxygen atoms in total. The number of benzene rings is 1. The quantitative estimate of drug-likeness (QED) is 0.571. The fraction of sp³-hybridized carbons (Fsp3) is 0.364. The van der Waals surface area contributed by atoms with Crippen LogP contribution in [0, 0.1) is 3.57 Å². The fourth-order valence-corrected chi connectivity index (χ4v) is 2.34. The van der Waals surface area contributed by atoms with Crippen molar-refractivity contribution < 1.29 is 4.79 Å². The highest BCUT2D eigenvalue weighted by atomic mass is 127. The average molecular weight is 336 g/mol. The summed E-state index contributed by atoms with van der Waals surface area (Å²) in [5.41, 5.74) is 0.950. The van der Waals surface area contributed by atoms with Gasteiger partial charge in [-0.15, -0.1) is 11.6 Å². The van der Waals surface area contributed by atoms with Gasteiger partial charge in [0.05, 0.1) is 0 Å². The van der Waals surface area contributed by atoms with E-state index in [0.717, 1.165) is 25.1 Å². The maximum Gasteiger partial charge on any atom is 0.245 e. The molecule has 0 aromatic heterocycles. The van der Waals surface area contributed by atoms with Gasteiger partial charge in [-0.2, -0.15) is 0 Å². The van der Waals surface area contributed by atoms with Gasteiger partial charge < -0.3 is 4.90 Å². The highest BCUT2D eigenvalue weighted by molar-refractivity contribution is 14.1. The summed E-state index contributed by atoms with van der Waals surface area (Å²) in [6.07, 6.45) is 1.77. The van der Waals surface area contributed by atoms with Crippen LogP contribution in [0.4, 0.5) is 5.69 Å². The van der Waals surface area contributed by atoms with Gasteiger partial charge in [-0.05, 0) is 59.7 Å². The molecule has 15 heavy (non-hydrogen) atoms. The van der Waals surface area contributed by atoms with Crippen molar-refractivity contribution in [1.29, 1.82) is 0 Å². The Morgan fingerprint density at radius 1 is 1.33 bits per heavy atom. The summed E-state index contributed by atoms with van der Waals surface area (Å²) < 4.78 is 1.17. The number of carbonyl (C=O) groups is 1. The Morgan fingerprint density at radius 2 is 2.00 bits per heavy atom. The molecule has 1 aliphatic heterocycles. The molecule has 1 aliphatic rings. The highest BCUT2D eigenvalue weighted by Crippen LogP contribution is 2.24. The number of hydrogen-bond acceptors (Lipinski definition) is 1. The lowest BCUT2D eigenvalue weighted by atomic mass is 10.1. The Morgan fingerprint density at radius 3 is 2.67 bits per heavy atom. The molecule has 0 N–H and O–H groups in total. The van der Waals surface area contributed by atoms with Crippen LogP contribution in [0.1, 0.15) is 12.8 Å². The van der Waals surface area contributed by atoms with Crippen LogP contribution >= 0.6 is 34.2 Å². The Kier molecular flexibility index (Phi) is 3.51. The largest absolute Gasteiger partial charge is 0.311 e. The maximum absolute atomic E-state index is 11.8. The van der Waals surface area contributed by atoms with Crippen molar-refractivity contribution in [3.8, 4) is 0 Å².